The first-order chi connectivity index (χ1) is 27.8. The second-order valence-corrected chi connectivity index (χ2v) is 15.2. The lowest BCUT2D eigenvalue weighted by Crippen LogP contribution is -2.43. The van der Waals surface area contributed by atoms with Crippen molar-refractivity contribution in [2.45, 2.75) is 10.8 Å². The molecule has 2 atom stereocenters. The van der Waals surface area contributed by atoms with Gasteiger partial charge in [-0.05, 0) is 72.8 Å². The summed E-state index contributed by atoms with van der Waals surface area (Å²) in [4.78, 5) is 10.9. The zero-order valence-corrected chi connectivity index (χ0v) is 30.5. The van der Waals surface area contributed by atoms with Gasteiger partial charge in [0.2, 0.25) is 0 Å². The van der Waals surface area contributed by atoms with Gasteiger partial charge in [0, 0.05) is 16.7 Å². The molecule has 3 aliphatic carbocycles. The highest BCUT2D eigenvalue weighted by Gasteiger charge is 2.60. The molecular weight excluding hydrogens is 677 g/mol. The van der Waals surface area contributed by atoms with Crippen molar-refractivity contribution in [3.8, 4) is 56.2 Å². The summed E-state index contributed by atoms with van der Waals surface area (Å²) in [6.45, 7) is 0. The lowest BCUT2D eigenvalue weighted by atomic mass is 9.52. The maximum atomic E-state index is 5.46. The Morgan fingerprint density at radius 3 is 1.30 bits per heavy atom. The van der Waals surface area contributed by atoms with Crippen molar-refractivity contribution in [2.75, 3.05) is 0 Å². The number of rotatable bonds is 4. The third-order valence-corrected chi connectivity index (χ3v) is 12.6. The van der Waals surface area contributed by atoms with E-state index in [1.807, 2.05) is 0 Å². The Hall–Kier alpha value is -7.16. The molecule has 12 rings (SSSR count). The monoisotopic (exact) mass is 710 g/mol. The van der Waals surface area contributed by atoms with E-state index in [1.54, 1.807) is 0 Å². The highest BCUT2D eigenvalue weighted by Crippen LogP contribution is 2.69. The first-order valence-electron chi connectivity index (χ1n) is 19.4. The van der Waals surface area contributed by atoms with Crippen LogP contribution in [0.15, 0.2) is 206 Å². The molecule has 3 aliphatic rings. The van der Waals surface area contributed by atoms with Crippen LogP contribution in [0.2, 0.25) is 0 Å². The van der Waals surface area contributed by atoms with Gasteiger partial charge in [-0.3, -0.25) is 0 Å². The molecule has 0 bridgehead atoms. The number of hydrogen-bond donors (Lipinski definition) is 0. The molecule has 1 spiro atoms. The van der Waals surface area contributed by atoms with Gasteiger partial charge in [0.15, 0.2) is 5.82 Å². The summed E-state index contributed by atoms with van der Waals surface area (Å²) >= 11 is 0. The highest BCUT2D eigenvalue weighted by molar-refractivity contribution is 5.98. The minimum Gasteiger partial charge on any atom is -0.228 e. The quantitative estimate of drug-likeness (QED) is 0.182. The average Bonchev–Trinajstić information content (AvgIpc) is 3.76. The van der Waals surface area contributed by atoms with E-state index in [1.165, 1.54) is 66.8 Å². The number of fused-ring (bicyclic) bond motifs is 12. The molecule has 1 heterocycles. The van der Waals surface area contributed by atoms with Gasteiger partial charge in [-0.25, -0.2) is 9.97 Å². The molecule has 2 nitrogen and oxygen atoms in total. The first kappa shape index (κ1) is 31.2. The maximum absolute atomic E-state index is 5.46. The lowest BCUT2D eigenvalue weighted by molar-refractivity contribution is 0.636. The fourth-order valence-corrected chi connectivity index (χ4v) is 10.6. The van der Waals surface area contributed by atoms with E-state index in [4.69, 9.17) is 9.97 Å². The van der Waals surface area contributed by atoms with Crippen molar-refractivity contribution in [2.24, 2.45) is 0 Å². The topological polar surface area (TPSA) is 25.8 Å². The zero-order chi connectivity index (χ0) is 36.8. The van der Waals surface area contributed by atoms with Crippen molar-refractivity contribution < 1.29 is 0 Å². The summed E-state index contributed by atoms with van der Waals surface area (Å²) < 4.78 is 0. The summed E-state index contributed by atoms with van der Waals surface area (Å²) in [7, 11) is 0. The van der Waals surface area contributed by atoms with E-state index in [2.05, 4.69) is 206 Å². The van der Waals surface area contributed by atoms with Gasteiger partial charge in [-0.1, -0.05) is 200 Å². The fraction of sp³-hybridized carbons (Fsp3) is 0.0370. The lowest BCUT2D eigenvalue weighted by Gasteiger charge is -2.48. The molecule has 8 aromatic carbocycles. The molecule has 0 aliphatic heterocycles. The van der Waals surface area contributed by atoms with Crippen LogP contribution in [0.3, 0.4) is 0 Å². The summed E-state index contributed by atoms with van der Waals surface area (Å²) in [5, 5.41) is 0. The molecule has 0 fully saturated rings. The summed E-state index contributed by atoms with van der Waals surface area (Å²) in [5.74, 6) is 0.725. The van der Waals surface area contributed by atoms with Crippen molar-refractivity contribution in [3.05, 3.63) is 251 Å². The minimum atomic E-state index is -0.649. The first-order valence-corrected chi connectivity index (χ1v) is 19.4. The van der Waals surface area contributed by atoms with Crippen molar-refractivity contribution >= 4 is 0 Å². The molecule has 56 heavy (non-hydrogen) atoms. The average molecular weight is 711 g/mol. The van der Waals surface area contributed by atoms with Crippen molar-refractivity contribution in [1.82, 2.24) is 9.97 Å². The molecule has 2 unspecified atom stereocenters. The molecule has 0 saturated carbocycles. The summed E-state index contributed by atoms with van der Waals surface area (Å²) in [5.41, 5.74) is 19.4. The van der Waals surface area contributed by atoms with Gasteiger partial charge >= 0.3 is 0 Å². The zero-order valence-electron chi connectivity index (χ0n) is 30.5. The number of nitrogens with zero attached hydrogens (tertiary/aromatic N) is 2. The largest absolute Gasteiger partial charge is 0.228 e. The van der Waals surface area contributed by atoms with E-state index in [0.717, 1.165) is 33.9 Å². The van der Waals surface area contributed by atoms with Crippen molar-refractivity contribution in [3.63, 3.8) is 0 Å². The third-order valence-electron chi connectivity index (χ3n) is 12.6. The third kappa shape index (κ3) is 3.95. The number of aromatic nitrogens is 2. The molecular formula is C54H34N2. The molecule has 0 saturated heterocycles. The van der Waals surface area contributed by atoms with Gasteiger partial charge in [0.05, 0.1) is 22.2 Å². The Labute approximate surface area is 326 Å². The maximum Gasteiger partial charge on any atom is 0.160 e. The van der Waals surface area contributed by atoms with Crippen LogP contribution in [0.5, 0.6) is 0 Å². The van der Waals surface area contributed by atoms with Crippen LogP contribution in [0.4, 0.5) is 0 Å². The summed E-state index contributed by atoms with van der Waals surface area (Å²) in [6, 6.07) is 75.5. The van der Waals surface area contributed by atoms with Gasteiger partial charge in [0.25, 0.3) is 0 Å². The molecule has 9 aromatic rings. The Balaban J connectivity index is 1.24. The second kappa shape index (κ2) is 11.7. The Morgan fingerprint density at radius 2 is 0.696 bits per heavy atom. The van der Waals surface area contributed by atoms with Gasteiger partial charge in [0.1, 0.15) is 0 Å². The molecule has 0 radical (unpaired) electrons. The predicted molar refractivity (Wildman–Crippen MR) is 227 cm³/mol. The smallest absolute Gasteiger partial charge is 0.160 e. The van der Waals surface area contributed by atoms with Crippen LogP contribution < -0.4 is 0 Å². The van der Waals surface area contributed by atoms with Crippen molar-refractivity contribution in [1.29, 1.82) is 0 Å². The van der Waals surface area contributed by atoms with Crippen LogP contribution in [0, 0.1) is 0 Å². The summed E-state index contributed by atoms with van der Waals surface area (Å²) in [6.07, 6.45) is 0. The van der Waals surface area contributed by atoms with Gasteiger partial charge < -0.3 is 0 Å². The standard InChI is InChI=1S/C54H34N2/c1-4-18-35(19-5-1)48-34-49(36-20-6-2-7-21-36)56-52(55-48)42-28-16-26-40-38-24-11-13-30-44(38)54(50(40)42)46-32-15-14-31-45(46)53(37-22-8-3-9-23-37)43-29-12-10-25-39(43)41-27-17-33-47(54)51(41)53/h1-34H. The Bertz CT molecular complexity index is 2970. The normalized spacial score (nSPS) is 17.8. The van der Waals surface area contributed by atoms with E-state index in [-0.39, 0.29) is 0 Å². The molecule has 1 aromatic heterocycles. The predicted octanol–water partition coefficient (Wildman–Crippen LogP) is 12.5. The van der Waals surface area contributed by atoms with Gasteiger partial charge in [-0.2, -0.15) is 0 Å². The van der Waals surface area contributed by atoms with Gasteiger partial charge in [-0.15, -0.1) is 0 Å². The van der Waals surface area contributed by atoms with Crippen LogP contribution in [0.25, 0.3) is 56.2 Å². The Morgan fingerprint density at radius 1 is 0.286 bits per heavy atom. The number of hydrogen-bond acceptors (Lipinski definition) is 2. The van der Waals surface area contributed by atoms with E-state index < -0.39 is 10.8 Å². The number of benzene rings is 8. The minimum absolute atomic E-state index is 0.498. The molecule has 260 valence electrons. The van der Waals surface area contributed by atoms with Crippen LogP contribution >= 0.6 is 0 Å². The van der Waals surface area contributed by atoms with E-state index in [9.17, 15) is 0 Å². The molecule has 0 N–H and O–H groups in total. The Kier molecular flexibility index (Phi) is 6.50. The van der Waals surface area contributed by atoms with Crippen LogP contribution in [-0.4, -0.2) is 9.97 Å². The molecule has 0 amide bonds. The second-order valence-electron chi connectivity index (χ2n) is 15.2. The van der Waals surface area contributed by atoms with E-state index in [0.29, 0.717) is 0 Å². The van der Waals surface area contributed by atoms with Crippen LogP contribution in [-0.2, 0) is 10.8 Å². The highest BCUT2D eigenvalue weighted by atomic mass is 14.9. The fourth-order valence-electron chi connectivity index (χ4n) is 10.6. The van der Waals surface area contributed by atoms with Crippen LogP contribution in [0.1, 0.15) is 44.5 Å². The SMILES string of the molecule is c1ccc(-c2cc(-c3ccccc3)nc(-c3cccc4c3C3(c5ccccc5-4)c4ccccc4C4(c5ccccc5)c5ccccc5-c5cccc3c54)n2)cc1. The molecule has 2 heteroatoms. The van der Waals surface area contributed by atoms with E-state index >= 15 is 0 Å².